The third-order valence-electron chi connectivity index (χ3n) is 1.43. The van der Waals surface area contributed by atoms with Crippen LogP contribution >= 0.6 is 10.8 Å². The maximum atomic E-state index is 11.3. The Morgan fingerprint density at radius 1 is 1.27 bits per heavy atom. The third kappa shape index (κ3) is 6.34. The van der Waals surface area contributed by atoms with Crippen molar-refractivity contribution in [3.63, 3.8) is 0 Å². The van der Waals surface area contributed by atoms with Gasteiger partial charge in [0.1, 0.15) is 0 Å². The summed E-state index contributed by atoms with van der Waals surface area (Å²) < 4.78 is 29.1. The van der Waals surface area contributed by atoms with E-state index in [-0.39, 0.29) is 51.9 Å². The van der Waals surface area contributed by atoms with Crippen molar-refractivity contribution in [2.75, 3.05) is 5.75 Å². The number of Topliss-reactive ketones (excluding diaryl/α,β-unsaturated/α-hetero) is 1. The molecular formula is C8H8NaO4S2+. The monoisotopic (exact) mass is 255 g/mol. The summed E-state index contributed by atoms with van der Waals surface area (Å²) in [5.41, 5.74) is 0.434. The molecule has 1 N–H and O–H groups in total. The van der Waals surface area contributed by atoms with Crippen LogP contribution in [0, 0.1) is 0 Å². The fourth-order valence-corrected chi connectivity index (χ4v) is 2.03. The quantitative estimate of drug-likeness (QED) is 0.304. The summed E-state index contributed by atoms with van der Waals surface area (Å²) in [7, 11) is -3.92. The smallest absolute Gasteiger partial charge is 0.293 e. The zero-order valence-electron chi connectivity index (χ0n) is 8.08. The van der Waals surface area contributed by atoms with Gasteiger partial charge in [-0.15, -0.1) is 0 Å². The molecule has 15 heavy (non-hydrogen) atoms. The van der Waals surface area contributed by atoms with Crippen LogP contribution in [0.25, 0.3) is 0 Å². The first-order valence-corrected chi connectivity index (χ1v) is 6.63. The molecule has 1 rings (SSSR count). The van der Waals surface area contributed by atoms with E-state index in [1.807, 2.05) is 0 Å². The molecule has 4 nitrogen and oxygen atoms in total. The van der Waals surface area contributed by atoms with E-state index in [0.29, 0.717) is 5.56 Å². The van der Waals surface area contributed by atoms with Gasteiger partial charge in [0.15, 0.2) is 5.78 Å². The van der Waals surface area contributed by atoms with Gasteiger partial charge in [0.2, 0.25) is 0 Å². The molecule has 0 spiro atoms. The Morgan fingerprint density at radius 3 is 2.27 bits per heavy atom. The molecular weight excluding hydrogens is 247 g/mol. The molecule has 1 aromatic carbocycles. The molecule has 76 valence electrons. The van der Waals surface area contributed by atoms with Crippen LogP contribution in [-0.4, -0.2) is 24.5 Å². The summed E-state index contributed by atoms with van der Waals surface area (Å²) in [6, 6.07) is 8.31. The first-order chi connectivity index (χ1) is 6.49. The molecule has 0 aliphatic carbocycles. The van der Waals surface area contributed by atoms with Crippen LogP contribution in [0.3, 0.4) is 0 Å². The Balaban J connectivity index is 0.00000196. The van der Waals surface area contributed by atoms with Gasteiger partial charge in [-0.25, -0.2) is 0 Å². The molecule has 0 unspecified atom stereocenters. The van der Waals surface area contributed by atoms with E-state index in [0.717, 1.165) is 0 Å². The van der Waals surface area contributed by atoms with Crippen molar-refractivity contribution < 1.29 is 47.3 Å². The molecule has 0 bridgehead atoms. The Bertz CT molecular complexity index is 416. The minimum Gasteiger partial charge on any atom is -0.293 e. The average Bonchev–Trinajstić information content (AvgIpc) is 2.14. The second-order valence-corrected chi connectivity index (χ2v) is 5.83. The molecule has 0 heterocycles. The van der Waals surface area contributed by atoms with Crippen molar-refractivity contribution >= 4 is 25.7 Å². The Kier molecular flexibility index (Phi) is 6.74. The van der Waals surface area contributed by atoms with Crippen molar-refractivity contribution in [1.82, 2.24) is 0 Å². The summed E-state index contributed by atoms with van der Waals surface area (Å²) >= 11 is 0. The van der Waals surface area contributed by atoms with Gasteiger partial charge in [-0.1, -0.05) is 30.3 Å². The number of ketones is 1. The molecule has 0 fully saturated rings. The van der Waals surface area contributed by atoms with Crippen LogP contribution in [0.4, 0.5) is 0 Å². The van der Waals surface area contributed by atoms with E-state index in [2.05, 4.69) is 0 Å². The van der Waals surface area contributed by atoms with Gasteiger partial charge in [-0.05, 0) is 0 Å². The topological polar surface area (TPSA) is 71.4 Å². The predicted octanol–water partition coefficient (Wildman–Crippen LogP) is -1.59. The minimum atomic E-state index is -4.13. The van der Waals surface area contributed by atoms with E-state index in [1.54, 1.807) is 30.3 Å². The van der Waals surface area contributed by atoms with Gasteiger partial charge >= 0.3 is 38.7 Å². The standard InChI is InChI=1S/C8H8O4S2.Na/c9-8(6-13-14(10,11)12)7-4-2-1-3-5-7;/h1-5H,6H2,(H,10,11,12);/q;+1. The largest absolute Gasteiger partial charge is 1.00 e. The molecule has 0 saturated heterocycles. The van der Waals surface area contributed by atoms with Crippen LogP contribution in [0.2, 0.25) is 0 Å². The van der Waals surface area contributed by atoms with Crippen molar-refractivity contribution in [1.29, 1.82) is 0 Å². The summed E-state index contributed by atoms with van der Waals surface area (Å²) in [5, 5.41) is 0. The third-order valence-corrected chi connectivity index (χ3v) is 3.36. The molecule has 7 heteroatoms. The summed E-state index contributed by atoms with van der Waals surface area (Å²) in [4.78, 5) is 11.3. The normalized spacial score (nSPS) is 10.5. The van der Waals surface area contributed by atoms with Gasteiger partial charge in [0, 0.05) is 16.4 Å². The van der Waals surface area contributed by atoms with Crippen molar-refractivity contribution in [2.24, 2.45) is 0 Å². The molecule has 0 atom stereocenters. The maximum absolute atomic E-state index is 11.3. The SMILES string of the molecule is O=C(CSS(=O)(=O)O)c1ccccc1.[Na+]. The Morgan fingerprint density at radius 2 is 1.80 bits per heavy atom. The first kappa shape index (κ1) is 15.2. The van der Waals surface area contributed by atoms with Crippen LogP contribution in [0.5, 0.6) is 0 Å². The van der Waals surface area contributed by atoms with Crippen LogP contribution in [0.15, 0.2) is 30.3 Å². The maximum Gasteiger partial charge on any atom is 1.00 e. The number of carbonyl (C=O) groups excluding carboxylic acids is 1. The molecule has 0 radical (unpaired) electrons. The molecule has 0 saturated carbocycles. The number of carbonyl (C=O) groups is 1. The number of rotatable bonds is 4. The van der Waals surface area contributed by atoms with Gasteiger partial charge in [0.25, 0.3) is 0 Å². The first-order valence-electron chi connectivity index (χ1n) is 3.69. The molecule has 0 aliphatic rings. The molecule has 1 aromatic rings. The Hall–Kier alpha value is 0.150. The van der Waals surface area contributed by atoms with Gasteiger partial charge < -0.3 is 0 Å². The van der Waals surface area contributed by atoms with E-state index >= 15 is 0 Å². The van der Waals surface area contributed by atoms with Gasteiger partial charge in [0.05, 0.1) is 5.75 Å². The zero-order chi connectivity index (χ0) is 10.6. The number of benzene rings is 1. The van der Waals surface area contributed by atoms with Crippen molar-refractivity contribution in [2.45, 2.75) is 0 Å². The van der Waals surface area contributed by atoms with Crippen molar-refractivity contribution in [3.05, 3.63) is 35.9 Å². The molecule has 0 aromatic heterocycles. The number of hydrogen-bond acceptors (Lipinski definition) is 4. The van der Waals surface area contributed by atoms with E-state index in [9.17, 15) is 13.2 Å². The fraction of sp³-hybridized carbons (Fsp3) is 0.125. The van der Waals surface area contributed by atoms with Crippen LogP contribution < -0.4 is 29.6 Å². The van der Waals surface area contributed by atoms with E-state index < -0.39 is 9.15 Å². The molecule has 0 amide bonds. The summed E-state index contributed by atoms with van der Waals surface area (Å²) in [5.74, 6) is -0.601. The van der Waals surface area contributed by atoms with E-state index in [1.165, 1.54) is 0 Å². The van der Waals surface area contributed by atoms with Gasteiger partial charge in [-0.2, -0.15) is 8.42 Å². The minimum absolute atomic E-state index is 0. The summed E-state index contributed by atoms with van der Waals surface area (Å²) in [6.07, 6.45) is 0. The second-order valence-electron chi connectivity index (χ2n) is 2.48. The predicted molar refractivity (Wildman–Crippen MR) is 54.8 cm³/mol. The summed E-state index contributed by atoms with van der Waals surface area (Å²) in [6.45, 7) is 0. The van der Waals surface area contributed by atoms with Crippen LogP contribution in [-0.2, 0) is 9.15 Å². The Labute approximate surface area is 114 Å². The fourth-order valence-electron chi connectivity index (χ4n) is 0.835. The van der Waals surface area contributed by atoms with Crippen LogP contribution in [0.1, 0.15) is 10.4 Å². The van der Waals surface area contributed by atoms with Gasteiger partial charge in [-0.3, -0.25) is 9.35 Å². The zero-order valence-corrected chi connectivity index (χ0v) is 11.7. The number of hydrogen-bond donors (Lipinski definition) is 1. The van der Waals surface area contributed by atoms with E-state index in [4.69, 9.17) is 4.55 Å². The average molecular weight is 255 g/mol. The molecule has 0 aliphatic heterocycles. The second kappa shape index (κ2) is 6.67. The van der Waals surface area contributed by atoms with Crippen molar-refractivity contribution in [3.8, 4) is 0 Å².